The van der Waals surface area contributed by atoms with E-state index < -0.39 is 38.3 Å². The maximum absolute atomic E-state index is 13.5. The number of nitrogens with zero attached hydrogens (tertiary/aromatic N) is 4. The van der Waals surface area contributed by atoms with Crippen molar-refractivity contribution in [2.45, 2.75) is 83.6 Å². The molecule has 1 aliphatic heterocycles. The fraction of sp³-hybridized carbons (Fsp3) is 0.405. The van der Waals surface area contributed by atoms with E-state index in [-0.39, 0.29) is 31.7 Å². The van der Waals surface area contributed by atoms with Gasteiger partial charge in [0.05, 0.1) is 46.0 Å². The van der Waals surface area contributed by atoms with Crippen molar-refractivity contribution < 1.29 is 28.0 Å². The van der Waals surface area contributed by atoms with E-state index in [1.165, 1.54) is 4.57 Å². The molecule has 3 heterocycles. The van der Waals surface area contributed by atoms with Gasteiger partial charge in [0.1, 0.15) is 35.1 Å². The van der Waals surface area contributed by atoms with E-state index in [1.54, 1.807) is 20.4 Å². The lowest BCUT2D eigenvalue weighted by Crippen LogP contribution is -2.39. The summed E-state index contributed by atoms with van der Waals surface area (Å²) in [6.07, 6.45) is 0.429. The zero-order valence-corrected chi connectivity index (χ0v) is 33.4. The molecule has 290 valence electrons. The lowest BCUT2D eigenvalue weighted by molar-refractivity contribution is -0.0924. The Morgan fingerprint density at radius 1 is 0.964 bits per heavy atom. The van der Waals surface area contributed by atoms with Crippen molar-refractivity contribution >= 4 is 19.6 Å². The Balaban J connectivity index is 1.43. The number of aromatic amines is 1. The number of aryl methyl sites for hydroxylation is 1. The molecule has 1 N–H and O–H groups in total. The molecule has 13 heteroatoms. The van der Waals surface area contributed by atoms with Crippen molar-refractivity contribution in [2.75, 3.05) is 27.4 Å². The SMILES string of the molecule is COc1ccc(C(OCC2OC(n3cc4cc(C)[nH]c4nc3=O)CC2OP(OCCC#N)N(C(C)C)C(C)C)(c2ccccc2)c2ccc(OC)cc2)cc1. The van der Waals surface area contributed by atoms with Crippen LogP contribution in [0.4, 0.5) is 0 Å². The van der Waals surface area contributed by atoms with E-state index in [9.17, 15) is 10.1 Å². The zero-order valence-electron chi connectivity index (χ0n) is 32.5. The molecule has 6 rings (SSSR count). The topological polar surface area (TPSA) is 133 Å². The molecular formula is C42H50N5O7P. The number of nitrogens with one attached hydrogen (secondary N) is 1. The maximum Gasteiger partial charge on any atom is 0.351 e. The molecule has 0 radical (unpaired) electrons. The van der Waals surface area contributed by atoms with E-state index in [0.717, 1.165) is 27.8 Å². The lowest BCUT2D eigenvalue weighted by atomic mass is 9.80. The van der Waals surface area contributed by atoms with Crippen molar-refractivity contribution in [3.05, 3.63) is 124 Å². The second kappa shape index (κ2) is 17.9. The van der Waals surface area contributed by atoms with Crippen LogP contribution in [-0.2, 0) is 24.1 Å². The van der Waals surface area contributed by atoms with Crippen LogP contribution < -0.4 is 15.2 Å². The summed E-state index contributed by atoms with van der Waals surface area (Å²) in [5.41, 5.74) is 2.52. The van der Waals surface area contributed by atoms with Gasteiger partial charge in [-0.2, -0.15) is 10.2 Å². The molecule has 0 aliphatic carbocycles. The van der Waals surface area contributed by atoms with E-state index in [1.807, 2.05) is 91.9 Å². The lowest BCUT2D eigenvalue weighted by Gasteiger charge is -2.39. The van der Waals surface area contributed by atoms with Crippen LogP contribution in [0.1, 0.15) is 69.1 Å². The van der Waals surface area contributed by atoms with Crippen molar-refractivity contribution in [1.29, 1.82) is 5.26 Å². The van der Waals surface area contributed by atoms with Crippen LogP contribution in [0, 0.1) is 18.3 Å². The molecule has 3 aromatic carbocycles. The second-order valence-electron chi connectivity index (χ2n) is 14.1. The first-order valence-corrected chi connectivity index (χ1v) is 19.7. The molecule has 0 bridgehead atoms. The van der Waals surface area contributed by atoms with E-state index >= 15 is 0 Å². The molecule has 1 fully saturated rings. The highest BCUT2D eigenvalue weighted by Gasteiger charge is 2.45. The Labute approximate surface area is 323 Å². The summed E-state index contributed by atoms with van der Waals surface area (Å²) in [5.74, 6) is 1.43. The van der Waals surface area contributed by atoms with Gasteiger partial charge in [0.2, 0.25) is 0 Å². The summed E-state index contributed by atoms with van der Waals surface area (Å²) in [6, 6.07) is 30.1. The molecule has 4 unspecified atom stereocenters. The van der Waals surface area contributed by atoms with Crippen molar-refractivity contribution in [1.82, 2.24) is 19.2 Å². The number of methoxy groups -OCH3 is 2. The Hall–Kier alpha value is -4.60. The fourth-order valence-corrected chi connectivity index (χ4v) is 8.93. The van der Waals surface area contributed by atoms with E-state index in [0.29, 0.717) is 23.6 Å². The van der Waals surface area contributed by atoms with Gasteiger partial charge < -0.3 is 33.0 Å². The molecule has 0 amide bonds. The summed E-state index contributed by atoms with van der Waals surface area (Å²) in [7, 11) is 1.64. The Morgan fingerprint density at radius 2 is 1.56 bits per heavy atom. The Morgan fingerprint density at radius 3 is 2.13 bits per heavy atom. The van der Waals surface area contributed by atoms with Gasteiger partial charge in [-0.15, -0.1) is 0 Å². The number of hydrogen-bond donors (Lipinski definition) is 1. The maximum atomic E-state index is 13.5. The van der Waals surface area contributed by atoms with E-state index in [4.69, 9.17) is 28.0 Å². The molecule has 5 aromatic rings. The summed E-state index contributed by atoms with van der Waals surface area (Å²) >= 11 is 0. The molecule has 2 aromatic heterocycles. The second-order valence-corrected chi connectivity index (χ2v) is 15.5. The smallest absolute Gasteiger partial charge is 0.351 e. The van der Waals surface area contributed by atoms with Gasteiger partial charge in [0.25, 0.3) is 8.53 Å². The van der Waals surface area contributed by atoms with Crippen molar-refractivity contribution in [3.63, 3.8) is 0 Å². The number of nitriles is 1. The number of benzene rings is 3. The fourth-order valence-electron chi connectivity index (χ4n) is 7.18. The van der Waals surface area contributed by atoms with Gasteiger partial charge in [-0.3, -0.25) is 4.57 Å². The molecule has 55 heavy (non-hydrogen) atoms. The van der Waals surface area contributed by atoms with Gasteiger partial charge in [0.15, 0.2) is 0 Å². The summed E-state index contributed by atoms with van der Waals surface area (Å²) in [5, 5.41) is 10.1. The highest BCUT2D eigenvalue weighted by molar-refractivity contribution is 7.44. The average Bonchev–Trinajstić information content (AvgIpc) is 3.76. The van der Waals surface area contributed by atoms with E-state index in [2.05, 4.69) is 48.4 Å². The predicted octanol–water partition coefficient (Wildman–Crippen LogP) is 8.01. The number of fused-ring (bicyclic) bond motifs is 1. The van der Waals surface area contributed by atoms with Crippen LogP contribution in [-0.4, -0.2) is 70.9 Å². The van der Waals surface area contributed by atoms with Crippen molar-refractivity contribution in [2.24, 2.45) is 0 Å². The molecule has 1 saturated heterocycles. The number of rotatable bonds is 17. The average molecular weight is 768 g/mol. The normalized spacial score (nSPS) is 17.9. The number of H-pyrrole nitrogens is 1. The summed E-state index contributed by atoms with van der Waals surface area (Å²) < 4.78 is 42.2. The van der Waals surface area contributed by atoms with Crippen LogP contribution in [0.5, 0.6) is 11.5 Å². The molecule has 1 aliphatic rings. The third-order valence-corrected chi connectivity index (χ3v) is 11.8. The van der Waals surface area contributed by atoms with Gasteiger partial charge >= 0.3 is 5.69 Å². The minimum Gasteiger partial charge on any atom is -0.497 e. The summed E-state index contributed by atoms with van der Waals surface area (Å²) in [6.45, 7) is 10.6. The van der Waals surface area contributed by atoms with Crippen LogP contribution in [0.15, 0.2) is 95.9 Å². The monoisotopic (exact) mass is 767 g/mol. The Bertz CT molecular complexity index is 2040. The highest BCUT2D eigenvalue weighted by Crippen LogP contribution is 2.50. The number of hydrogen-bond acceptors (Lipinski definition) is 10. The minimum absolute atomic E-state index is 0.0759. The molecule has 4 atom stereocenters. The van der Waals surface area contributed by atoms with Crippen LogP contribution in [0.3, 0.4) is 0 Å². The largest absolute Gasteiger partial charge is 0.497 e. The summed E-state index contributed by atoms with van der Waals surface area (Å²) in [4.78, 5) is 21.0. The van der Waals surface area contributed by atoms with Crippen molar-refractivity contribution in [3.8, 4) is 17.6 Å². The minimum atomic E-state index is -1.64. The first kappa shape index (κ1) is 40.1. The Kier molecular flexibility index (Phi) is 13.0. The molecular weight excluding hydrogens is 717 g/mol. The van der Waals surface area contributed by atoms with Crippen LogP contribution >= 0.6 is 8.53 Å². The van der Waals surface area contributed by atoms with Gasteiger partial charge in [0, 0.05) is 35.8 Å². The third-order valence-electron chi connectivity index (χ3n) is 9.68. The first-order chi connectivity index (χ1) is 26.6. The quantitative estimate of drug-likeness (QED) is 0.0564. The van der Waals surface area contributed by atoms with Crippen LogP contribution in [0.25, 0.3) is 11.0 Å². The van der Waals surface area contributed by atoms with Gasteiger partial charge in [-0.1, -0.05) is 54.6 Å². The standard InChI is InChI=1S/C42H50N5O7P/c1-28(2)47(29(3)4)55(52-23-11-22-43)54-37-25-39(46-26-31-24-30(5)44-40(31)45-41(46)48)53-38(37)27-51-42(32-12-9-8-10-13-32,33-14-18-35(49-6)19-15-33)34-16-20-36(50-7)21-17-34/h8-10,12-21,24,26,28-29,37-39H,11,23,25,27H2,1-7H3,(H,44,45,48). The number of ether oxygens (including phenoxy) is 4. The highest BCUT2D eigenvalue weighted by atomic mass is 31.2. The molecule has 0 spiro atoms. The first-order valence-electron chi connectivity index (χ1n) is 18.6. The third kappa shape index (κ3) is 8.79. The van der Waals surface area contributed by atoms with Gasteiger partial charge in [-0.05, 0) is 81.6 Å². The van der Waals surface area contributed by atoms with Crippen LogP contribution in [0.2, 0.25) is 0 Å². The predicted molar refractivity (Wildman–Crippen MR) is 212 cm³/mol. The molecule has 12 nitrogen and oxygen atoms in total. The number of aromatic nitrogens is 3. The molecule has 0 saturated carbocycles. The zero-order chi connectivity index (χ0) is 39.1. The van der Waals surface area contributed by atoms with Gasteiger partial charge in [-0.25, -0.2) is 9.46 Å².